The van der Waals surface area contributed by atoms with Crippen LogP contribution in [0.15, 0.2) is 42.6 Å². The standard InChI is InChI=1S/C17H22N2O2/c1-17(2,3)19-12-13-8-7-11-18-16(13)21-15-10-6-5-9-14(15)20-4/h5-11,19H,12H2,1-4H3. The molecule has 0 bridgehead atoms. The van der Waals surface area contributed by atoms with E-state index >= 15 is 0 Å². The molecule has 1 aromatic heterocycles. The molecule has 112 valence electrons. The number of aromatic nitrogens is 1. The highest BCUT2D eigenvalue weighted by Gasteiger charge is 2.13. The number of nitrogens with zero attached hydrogens (tertiary/aromatic N) is 1. The summed E-state index contributed by atoms with van der Waals surface area (Å²) in [7, 11) is 1.63. The predicted octanol–water partition coefficient (Wildman–Crippen LogP) is 3.77. The van der Waals surface area contributed by atoms with Crippen LogP contribution in [0.1, 0.15) is 26.3 Å². The maximum atomic E-state index is 5.92. The Hall–Kier alpha value is -2.07. The Kier molecular flexibility index (Phi) is 4.81. The fourth-order valence-corrected chi connectivity index (χ4v) is 1.82. The van der Waals surface area contributed by atoms with Crippen molar-refractivity contribution < 1.29 is 9.47 Å². The number of para-hydroxylation sites is 2. The molecule has 0 saturated carbocycles. The number of hydrogen-bond acceptors (Lipinski definition) is 4. The van der Waals surface area contributed by atoms with Gasteiger partial charge in [-0.05, 0) is 39.0 Å². The van der Waals surface area contributed by atoms with Gasteiger partial charge in [-0.15, -0.1) is 0 Å². The van der Waals surface area contributed by atoms with Crippen LogP contribution in [0.25, 0.3) is 0 Å². The Labute approximate surface area is 126 Å². The van der Waals surface area contributed by atoms with Gasteiger partial charge in [0.25, 0.3) is 0 Å². The first-order valence-corrected chi connectivity index (χ1v) is 6.99. The molecule has 0 unspecified atom stereocenters. The van der Waals surface area contributed by atoms with E-state index in [9.17, 15) is 0 Å². The average molecular weight is 286 g/mol. The molecule has 0 aliphatic rings. The lowest BCUT2D eigenvalue weighted by molar-refractivity contribution is 0.369. The van der Waals surface area contributed by atoms with Gasteiger partial charge in [0.05, 0.1) is 7.11 Å². The van der Waals surface area contributed by atoms with Crippen LogP contribution in [0.5, 0.6) is 17.4 Å². The van der Waals surface area contributed by atoms with Crippen LogP contribution in [-0.4, -0.2) is 17.6 Å². The van der Waals surface area contributed by atoms with Crippen LogP contribution >= 0.6 is 0 Å². The highest BCUT2D eigenvalue weighted by molar-refractivity contribution is 5.42. The van der Waals surface area contributed by atoms with Gasteiger partial charge in [0, 0.05) is 23.8 Å². The summed E-state index contributed by atoms with van der Waals surface area (Å²) in [4.78, 5) is 4.33. The Balaban J connectivity index is 2.20. The lowest BCUT2D eigenvalue weighted by Crippen LogP contribution is -2.35. The van der Waals surface area contributed by atoms with Crippen molar-refractivity contribution in [1.82, 2.24) is 10.3 Å². The van der Waals surface area contributed by atoms with E-state index in [1.165, 1.54) is 0 Å². The Bertz CT molecular complexity index is 591. The van der Waals surface area contributed by atoms with Crippen molar-refractivity contribution in [2.24, 2.45) is 0 Å². The third-order valence-electron chi connectivity index (χ3n) is 2.93. The number of benzene rings is 1. The lowest BCUT2D eigenvalue weighted by atomic mass is 10.1. The number of ether oxygens (including phenoxy) is 2. The van der Waals surface area contributed by atoms with Gasteiger partial charge in [-0.3, -0.25) is 0 Å². The van der Waals surface area contributed by atoms with Gasteiger partial charge in [-0.25, -0.2) is 4.98 Å². The molecule has 2 aromatic rings. The molecule has 4 nitrogen and oxygen atoms in total. The van der Waals surface area contributed by atoms with Crippen molar-refractivity contribution in [2.45, 2.75) is 32.9 Å². The van der Waals surface area contributed by atoms with E-state index in [1.54, 1.807) is 13.3 Å². The Morgan fingerprint density at radius 3 is 2.43 bits per heavy atom. The van der Waals surface area contributed by atoms with E-state index in [4.69, 9.17) is 9.47 Å². The third-order valence-corrected chi connectivity index (χ3v) is 2.93. The van der Waals surface area contributed by atoms with Gasteiger partial charge >= 0.3 is 0 Å². The summed E-state index contributed by atoms with van der Waals surface area (Å²) < 4.78 is 11.2. The van der Waals surface area contributed by atoms with Gasteiger partial charge in [-0.1, -0.05) is 18.2 Å². The van der Waals surface area contributed by atoms with Gasteiger partial charge in [0.2, 0.25) is 5.88 Å². The molecular weight excluding hydrogens is 264 g/mol. The molecule has 0 saturated heterocycles. The number of rotatable bonds is 5. The van der Waals surface area contributed by atoms with Crippen LogP contribution in [0.2, 0.25) is 0 Å². The first kappa shape index (κ1) is 15.3. The second-order valence-electron chi connectivity index (χ2n) is 5.82. The number of nitrogens with one attached hydrogen (secondary N) is 1. The van der Waals surface area contributed by atoms with Crippen LogP contribution in [0, 0.1) is 0 Å². The molecule has 0 amide bonds. The molecule has 2 rings (SSSR count). The van der Waals surface area contributed by atoms with Gasteiger partial charge < -0.3 is 14.8 Å². The fraction of sp³-hybridized carbons (Fsp3) is 0.353. The van der Waals surface area contributed by atoms with E-state index in [1.807, 2.05) is 36.4 Å². The zero-order valence-corrected chi connectivity index (χ0v) is 13.0. The minimum Gasteiger partial charge on any atom is -0.493 e. The summed E-state index contributed by atoms with van der Waals surface area (Å²) in [6, 6.07) is 11.5. The fourth-order valence-electron chi connectivity index (χ4n) is 1.82. The molecule has 0 fully saturated rings. The second kappa shape index (κ2) is 6.59. The summed E-state index contributed by atoms with van der Waals surface area (Å²) in [6.07, 6.45) is 1.73. The smallest absolute Gasteiger partial charge is 0.223 e. The molecule has 0 aliphatic heterocycles. The number of hydrogen-bond donors (Lipinski definition) is 1. The molecule has 1 N–H and O–H groups in total. The molecule has 1 heterocycles. The molecule has 0 radical (unpaired) electrons. The topological polar surface area (TPSA) is 43.4 Å². The van der Waals surface area contributed by atoms with E-state index in [2.05, 4.69) is 31.1 Å². The van der Waals surface area contributed by atoms with Crippen LogP contribution in [0.4, 0.5) is 0 Å². The normalized spacial score (nSPS) is 11.2. The first-order chi connectivity index (χ1) is 9.99. The van der Waals surface area contributed by atoms with Crippen molar-refractivity contribution in [3.8, 4) is 17.4 Å². The molecule has 0 aliphatic carbocycles. The van der Waals surface area contributed by atoms with Crippen molar-refractivity contribution >= 4 is 0 Å². The zero-order chi connectivity index (χ0) is 15.3. The van der Waals surface area contributed by atoms with Crippen molar-refractivity contribution in [1.29, 1.82) is 0 Å². The van der Waals surface area contributed by atoms with E-state index < -0.39 is 0 Å². The van der Waals surface area contributed by atoms with Crippen molar-refractivity contribution in [3.63, 3.8) is 0 Å². The third kappa shape index (κ3) is 4.46. The van der Waals surface area contributed by atoms with E-state index in [0.717, 1.165) is 5.56 Å². The summed E-state index contributed by atoms with van der Waals surface area (Å²) in [6.45, 7) is 7.08. The summed E-state index contributed by atoms with van der Waals surface area (Å²) >= 11 is 0. The zero-order valence-electron chi connectivity index (χ0n) is 13.0. The quantitative estimate of drug-likeness (QED) is 0.908. The predicted molar refractivity (Wildman–Crippen MR) is 83.9 cm³/mol. The minimum atomic E-state index is 0.0392. The Morgan fingerprint density at radius 1 is 1.05 bits per heavy atom. The number of pyridine rings is 1. The number of methoxy groups -OCH3 is 1. The average Bonchev–Trinajstić information content (AvgIpc) is 2.46. The van der Waals surface area contributed by atoms with E-state index in [-0.39, 0.29) is 5.54 Å². The molecule has 1 aromatic carbocycles. The second-order valence-corrected chi connectivity index (χ2v) is 5.82. The van der Waals surface area contributed by atoms with Gasteiger partial charge in [-0.2, -0.15) is 0 Å². The van der Waals surface area contributed by atoms with Crippen molar-refractivity contribution in [3.05, 3.63) is 48.2 Å². The molecule has 0 spiro atoms. The van der Waals surface area contributed by atoms with Gasteiger partial charge in [0.15, 0.2) is 11.5 Å². The highest BCUT2D eigenvalue weighted by atomic mass is 16.5. The lowest BCUT2D eigenvalue weighted by Gasteiger charge is -2.21. The molecule has 4 heteroatoms. The van der Waals surface area contributed by atoms with Crippen LogP contribution < -0.4 is 14.8 Å². The SMILES string of the molecule is COc1ccccc1Oc1ncccc1CNC(C)(C)C. The largest absolute Gasteiger partial charge is 0.493 e. The summed E-state index contributed by atoms with van der Waals surface area (Å²) in [5, 5.41) is 3.44. The summed E-state index contributed by atoms with van der Waals surface area (Å²) in [5.41, 5.74) is 1.05. The van der Waals surface area contributed by atoms with Crippen LogP contribution in [0.3, 0.4) is 0 Å². The summed E-state index contributed by atoms with van der Waals surface area (Å²) in [5.74, 6) is 1.95. The highest BCUT2D eigenvalue weighted by Crippen LogP contribution is 2.31. The monoisotopic (exact) mass is 286 g/mol. The van der Waals surface area contributed by atoms with Crippen molar-refractivity contribution in [2.75, 3.05) is 7.11 Å². The van der Waals surface area contributed by atoms with Crippen LogP contribution in [-0.2, 0) is 6.54 Å². The molecular formula is C17H22N2O2. The Morgan fingerprint density at radius 2 is 1.76 bits per heavy atom. The first-order valence-electron chi connectivity index (χ1n) is 6.99. The minimum absolute atomic E-state index is 0.0392. The molecule has 0 atom stereocenters. The van der Waals surface area contributed by atoms with Gasteiger partial charge in [0.1, 0.15) is 0 Å². The molecule has 21 heavy (non-hydrogen) atoms. The maximum absolute atomic E-state index is 5.92. The maximum Gasteiger partial charge on any atom is 0.223 e. The van der Waals surface area contributed by atoms with E-state index in [0.29, 0.717) is 23.9 Å².